The number of halogens is 1. The fourth-order valence-corrected chi connectivity index (χ4v) is 2.50. The lowest BCUT2D eigenvalue weighted by Gasteiger charge is -2.18. The van der Waals surface area contributed by atoms with Crippen LogP contribution in [-0.2, 0) is 6.54 Å². The van der Waals surface area contributed by atoms with E-state index >= 15 is 0 Å². The van der Waals surface area contributed by atoms with Gasteiger partial charge in [-0.25, -0.2) is 0 Å². The van der Waals surface area contributed by atoms with Crippen LogP contribution in [0.25, 0.3) is 0 Å². The molecule has 0 amide bonds. The molecule has 0 fully saturated rings. The molecule has 108 valence electrons. The third-order valence-electron chi connectivity index (χ3n) is 3.20. The summed E-state index contributed by atoms with van der Waals surface area (Å²) in [4.78, 5) is 0. The molecule has 1 N–H and O–H groups in total. The minimum atomic E-state index is 0.600. The molecule has 0 saturated heterocycles. The lowest BCUT2D eigenvalue weighted by Crippen LogP contribution is -2.27. The normalized spacial score (nSPS) is 12.4. The number of hydrogen-bond acceptors (Lipinski definition) is 2. The van der Waals surface area contributed by atoms with Crippen molar-refractivity contribution in [3.63, 3.8) is 0 Å². The van der Waals surface area contributed by atoms with Gasteiger partial charge in [0.15, 0.2) is 0 Å². The van der Waals surface area contributed by atoms with Crippen molar-refractivity contribution in [2.75, 3.05) is 6.61 Å². The molecule has 0 heterocycles. The van der Waals surface area contributed by atoms with Gasteiger partial charge in [-0.2, -0.15) is 0 Å². The molecule has 0 aliphatic rings. The van der Waals surface area contributed by atoms with E-state index in [9.17, 15) is 0 Å². The molecule has 0 aliphatic heterocycles. The molecular formula is C16H26BrNO. The van der Waals surface area contributed by atoms with E-state index in [-0.39, 0.29) is 0 Å². The summed E-state index contributed by atoms with van der Waals surface area (Å²) in [7, 11) is 0. The zero-order chi connectivity index (χ0) is 14.1. The van der Waals surface area contributed by atoms with Crippen LogP contribution in [-0.4, -0.2) is 12.6 Å². The van der Waals surface area contributed by atoms with Crippen molar-refractivity contribution in [3.05, 3.63) is 28.2 Å². The summed E-state index contributed by atoms with van der Waals surface area (Å²) >= 11 is 3.54. The van der Waals surface area contributed by atoms with Gasteiger partial charge in [-0.3, -0.25) is 0 Å². The van der Waals surface area contributed by atoms with Crippen molar-refractivity contribution in [1.29, 1.82) is 0 Å². The maximum absolute atomic E-state index is 5.81. The Bertz CT molecular complexity index is 368. The van der Waals surface area contributed by atoms with Gasteiger partial charge in [-0.1, -0.05) is 43.1 Å². The van der Waals surface area contributed by atoms with Gasteiger partial charge in [-0.15, -0.1) is 0 Å². The van der Waals surface area contributed by atoms with Gasteiger partial charge in [0, 0.05) is 22.6 Å². The van der Waals surface area contributed by atoms with Gasteiger partial charge in [0.1, 0.15) is 5.75 Å². The van der Waals surface area contributed by atoms with Crippen molar-refractivity contribution >= 4 is 15.9 Å². The van der Waals surface area contributed by atoms with E-state index in [1.165, 1.54) is 24.8 Å². The lowest BCUT2D eigenvalue weighted by molar-refractivity contribution is 0.312. The lowest BCUT2D eigenvalue weighted by atomic mass is 10.1. The van der Waals surface area contributed by atoms with E-state index in [0.717, 1.165) is 29.8 Å². The Kier molecular flexibility index (Phi) is 8.15. The third kappa shape index (κ3) is 5.96. The van der Waals surface area contributed by atoms with Crippen LogP contribution in [0.4, 0.5) is 0 Å². The minimum Gasteiger partial charge on any atom is -0.493 e. The molecule has 0 saturated carbocycles. The monoisotopic (exact) mass is 327 g/mol. The Morgan fingerprint density at radius 3 is 2.63 bits per heavy atom. The van der Waals surface area contributed by atoms with Crippen molar-refractivity contribution in [1.82, 2.24) is 5.32 Å². The highest BCUT2D eigenvalue weighted by Gasteiger charge is 2.08. The van der Waals surface area contributed by atoms with E-state index in [2.05, 4.69) is 54.2 Å². The summed E-state index contributed by atoms with van der Waals surface area (Å²) in [6, 6.07) is 6.84. The number of benzene rings is 1. The summed E-state index contributed by atoms with van der Waals surface area (Å²) in [5.41, 5.74) is 1.23. The summed E-state index contributed by atoms with van der Waals surface area (Å²) in [6.45, 7) is 8.25. The second kappa shape index (κ2) is 9.38. The number of nitrogens with one attached hydrogen (secondary N) is 1. The van der Waals surface area contributed by atoms with Gasteiger partial charge >= 0.3 is 0 Å². The average Bonchev–Trinajstić information content (AvgIpc) is 2.42. The number of hydrogen-bond donors (Lipinski definition) is 1. The molecule has 1 unspecified atom stereocenters. The van der Waals surface area contributed by atoms with E-state index < -0.39 is 0 Å². The SMILES string of the molecule is CCCOc1ccc(Br)cc1CNC(CC)CCC. The highest BCUT2D eigenvalue weighted by atomic mass is 79.9. The van der Waals surface area contributed by atoms with E-state index in [0.29, 0.717) is 6.04 Å². The largest absolute Gasteiger partial charge is 0.493 e. The Morgan fingerprint density at radius 2 is 2.00 bits per heavy atom. The standard InChI is InChI=1S/C16H26BrNO/c1-4-7-15(6-3)18-12-13-11-14(17)8-9-16(13)19-10-5-2/h8-9,11,15,18H,4-7,10,12H2,1-3H3. The Balaban J connectivity index is 2.66. The first-order valence-corrected chi connectivity index (χ1v) is 8.15. The summed E-state index contributed by atoms with van der Waals surface area (Å²) in [5, 5.41) is 3.63. The first-order chi connectivity index (χ1) is 9.21. The van der Waals surface area contributed by atoms with Crippen LogP contribution >= 0.6 is 15.9 Å². The molecule has 0 spiro atoms. The maximum atomic E-state index is 5.81. The first-order valence-electron chi connectivity index (χ1n) is 7.35. The predicted octanol–water partition coefficient (Wildman–Crippen LogP) is 4.91. The average molecular weight is 328 g/mol. The molecule has 1 aromatic carbocycles. The molecule has 0 radical (unpaired) electrons. The van der Waals surface area contributed by atoms with E-state index in [1.54, 1.807) is 0 Å². The van der Waals surface area contributed by atoms with Crippen LogP contribution in [0.2, 0.25) is 0 Å². The summed E-state index contributed by atoms with van der Waals surface area (Å²) in [5.74, 6) is 1.00. The highest BCUT2D eigenvalue weighted by molar-refractivity contribution is 9.10. The van der Waals surface area contributed by atoms with Gasteiger partial charge in [0.2, 0.25) is 0 Å². The summed E-state index contributed by atoms with van der Waals surface area (Å²) in [6.07, 6.45) is 4.67. The van der Waals surface area contributed by atoms with Crippen LogP contribution in [0.5, 0.6) is 5.75 Å². The second-order valence-corrected chi connectivity index (χ2v) is 5.79. The molecule has 0 bridgehead atoms. The quantitative estimate of drug-likeness (QED) is 0.696. The van der Waals surface area contributed by atoms with Crippen LogP contribution in [0.15, 0.2) is 22.7 Å². The van der Waals surface area contributed by atoms with Gasteiger partial charge < -0.3 is 10.1 Å². The Hall–Kier alpha value is -0.540. The summed E-state index contributed by atoms with van der Waals surface area (Å²) < 4.78 is 6.91. The van der Waals surface area contributed by atoms with Crippen LogP contribution in [0.3, 0.4) is 0 Å². The van der Waals surface area contributed by atoms with Crippen molar-refractivity contribution in [3.8, 4) is 5.75 Å². The van der Waals surface area contributed by atoms with Crippen molar-refractivity contribution in [2.24, 2.45) is 0 Å². The maximum Gasteiger partial charge on any atom is 0.123 e. The Labute approximate surface area is 126 Å². The fraction of sp³-hybridized carbons (Fsp3) is 0.625. The van der Waals surface area contributed by atoms with E-state index in [4.69, 9.17) is 4.74 Å². The molecule has 0 aromatic heterocycles. The zero-order valence-corrected chi connectivity index (χ0v) is 13.9. The third-order valence-corrected chi connectivity index (χ3v) is 3.69. The van der Waals surface area contributed by atoms with Gasteiger partial charge in [-0.05, 0) is 37.5 Å². The first kappa shape index (κ1) is 16.5. The van der Waals surface area contributed by atoms with Crippen LogP contribution in [0.1, 0.15) is 52.0 Å². The van der Waals surface area contributed by atoms with Crippen LogP contribution in [0, 0.1) is 0 Å². The van der Waals surface area contributed by atoms with Crippen molar-refractivity contribution in [2.45, 2.75) is 59.0 Å². The molecule has 1 atom stereocenters. The Morgan fingerprint density at radius 1 is 1.21 bits per heavy atom. The molecule has 0 aliphatic carbocycles. The van der Waals surface area contributed by atoms with Gasteiger partial charge in [0.25, 0.3) is 0 Å². The second-order valence-electron chi connectivity index (χ2n) is 4.88. The fourth-order valence-electron chi connectivity index (χ4n) is 2.09. The molecule has 1 aromatic rings. The number of rotatable bonds is 9. The highest BCUT2D eigenvalue weighted by Crippen LogP contribution is 2.23. The molecule has 1 rings (SSSR count). The molecular weight excluding hydrogens is 302 g/mol. The van der Waals surface area contributed by atoms with Crippen LogP contribution < -0.4 is 10.1 Å². The van der Waals surface area contributed by atoms with Gasteiger partial charge in [0.05, 0.1) is 6.61 Å². The zero-order valence-electron chi connectivity index (χ0n) is 12.3. The van der Waals surface area contributed by atoms with Crippen molar-refractivity contribution < 1.29 is 4.74 Å². The molecule has 19 heavy (non-hydrogen) atoms. The predicted molar refractivity (Wildman–Crippen MR) is 85.8 cm³/mol. The van der Waals surface area contributed by atoms with E-state index in [1.807, 2.05) is 6.07 Å². The topological polar surface area (TPSA) is 21.3 Å². The molecule has 3 heteroatoms. The minimum absolute atomic E-state index is 0.600. The molecule has 2 nitrogen and oxygen atoms in total. The number of ether oxygens (including phenoxy) is 1. The smallest absolute Gasteiger partial charge is 0.123 e.